The summed E-state index contributed by atoms with van der Waals surface area (Å²) in [4.78, 5) is 24.9. The summed E-state index contributed by atoms with van der Waals surface area (Å²) in [6.45, 7) is 1.90. The van der Waals surface area contributed by atoms with Gasteiger partial charge in [-0.15, -0.1) is 11.8 Å². The van der Waals surface area contributed by atoms with Gasteiger partial charge in [-0.25, -0.2) is 12.8 Å². The third-order valence-electron chi connectivity index (χ3n) is 4.30. The van der Waals surface area contributed by atoms with Gasteiger partial charge in [0.25, 0.3) is 0 Å². The maximum absolute atomic E-state index is 13.7. The Kier molecular flexibility index (Phi) is 6.50. The van der Waals surface area contributed by atoms with Gasteiger partial charge in [0.2, 0.25) is 11.8 Å². The van der Waals surface area contributed by atoms with Gasteiger partial charge in [0, 0.05) is 16.3 Å². The summed E-state index contributed by atoms with van der Waals surface area (Å²) in [5, 5.41) is 5.04. The first kappa shape index (κ1) is 21.6. The number of hydrogen-bond donors (Lipinski definition) is 2. The van der Waals surface area contributed by atoms with Gasteiger partial charge in [0.05, 0.1) is 27.3 Å². The van der Waals surface area contributed by atoms with E-state index in [2.05, 4.69) is 10.6 Å². The molecule has 2 N–H and O–H groups in total. The van der Waals surface area contributed by atoms with E-state index < -0.39 is 27.3 Å². The van der Waals surface area contributed by atoms with Crippen molar-refractivity contribution in [2.45, 2.75) is 34.8 Å². The van der Waals surface area contributed by atoms with Crippen LogP contribution >= 0.6 is 23.4 Å². The van der Waals surface area contributed by atoms with Crippen LogP contribution in [-0.2, 0) is 19.4 Å². The zero-order valence-electron chi connectivity index (χ0n) is 15.4. The number of sulfone groups is 1. The minimum Gasteiger partial charge on any atom is -0.324 e. The largest absolute Gasteiger partial charge is 0.324 e. The molecule has 2 amide bonds. The summed E-state index contributed by atoms with van der Waals surface area (Å²) in [6, 6.07) is 8.28. The van der Waals surface area contributed by atoms with Crippen LogP contribution in [0, 0.1) is 5.82 Å². The van der Waals surface area contributed by atoms with E-state index in [4.69, 9.17) is 11.6 Å². The zero-order chi connectivity index (χ0) is 21.2. The molecule has 1 heterocycles. The van der Waals surface area contributed by atoms with Crippen molar-refractivity contribution < 1.29 is 22.4 Å². The lowest BCUT2D eigenvalue weighted by Crippen LogP contribution is -2.28. The highest BCUT2D eigenvalue weighted by atomic mass is 35.5. The number of carbonyl (C=O) groups excluding carboxylic acids is 2. The Bertz CT molecular complexity index is 1080. The van der Waals surface area contributed by atoms with Crippen molar-refractivity contribution in [3.05, 3.63) is 47.2 Å². The number of thioether (sulfide) groups is 1. The number of nitrogens with one attached hydrogen (secondary N) is 2. The van der Waals surface area contributed by atoms with Crippen molar-refractivity contribution in [1.82, 2.24) is 0 Å². The van der Waals surface area contributed by atoms with Gasteiger partial charge in [0.15, 0.2) is 9.84 Å². The molecular formula is C19H18ClFN2O4S2. The van der Waals surface area contributed by atoms with Crippen LogP contribution in [0.4, 0.5) is 15.8 Å². The van der Waals surface area contributed by atoms with E-state index in [0.717, 1.165) is 11.0 Å². The zero-order valence-corrected chi connectivity index (χ0v) is 17.8. The fourth-order valence-electron chi connectivity index (χ4n) is 2.74. The molecule has 0 bridgehead atoms. The fourth-order valence-corrected chi connectivity index (χ4v) is 5.18. The Balaban J connectivity index is 1.67. The highest BCUT2D eigenvalue weighted by Crippen LogP contribution is 2.38. The number of carbonyl (C=O) groups is 2. The molecule has 0 aliphatic carbocycles. The molecule has 0 radical (unpaired) electrons. The second kappa shape index (κ2) is 8.73. The first-order chi connectivity index (χ1) is 13.7. The van der Waals surface area contributed by atoms with E-state index in [9.17, 15) is 22.4 Å². The Hall–Kier alpha value is -2.10. The topological polar surface area (TPSA) is 92.3 Å². The second-order valence-electron chi connectivity index (χ2n) is 6.40. The number of rotatable bonds is 6. The van der Waals surface area contributed by atoms with E-state index in [1.54, 1.807) is 6.07 Å². The molecule has 154 valence electrons. The molecule has 0 saturated carbocycles. The summed E-state index contributed by atoms with van der Waals surface area (Å²) < 4.78 is 38.9. The Labute approximate surface area is 177 Å². The Morgan fingerprint density at radius 3 is 2.72 bits per heavy atom. The van der Waals surface area contributed by atoms with Crippen molar-refractivity contribution in [1.29, 1.82) is 0 Å². The summed E-state index contributed by atoms with van der Waals surface area (Å²) in [7, 11) is -3.77. The second-order valence-corrected chi connectivity index (χ2v) is 10.2. The Morgan fingerprint density at radius 1 is 1.28 bits per heavy atom. The minimum absolute atomic E-state index is 0.0116. The number of hydrogen-bond acceptors (Lipinski definition) is 5. The van der Waals surface area contributed by atoms with Crippen LogP contribution in [0.15, 0.2) is 46.2 Å². The predicted octanol–water partition coefficient (Wildman–Crippen LogP) is 4.10. The highest BCUT2D eigenvalue weighted by Gasteiger charge is 2.27. The van der Waals surface area contributed by atoms with Crippen molar-refractivity contribution >= 4 is 56.4 Å². The SMILES string of the molecule is CC[C@@H]1Sc2ccc(S(=O)(=O)CCC(=O)Nc3ccc(Cl)cc3F)cc2NC1=O. The number of fused-ring (bicyclic) bond motifs is 1. The molecule has 6 nitrogen and oxygen atoms in total. The number of benzene rings is 2. The maximum atomic E-state index is 13.7. The van der Waals surface area contributed by atoms with Gasteiger partial charge in [-0.05, 0) is 42.8 Å². The van der Waals surface area contributed by atoms with Crippen LogP contribution in [-0.4, -0.2) is 31.2 Å². The van der Waals surface area contributed by atoms with Gasteiger partial charge in [-0.2, -0.15) is 0 Å². The van der Waals surface area contributed by atoms with E-state index in [1.165, 1.54) is 36.0 Å². The molecule has 0 spiro atoms. The van der Waals surface area contributed by atoms with Gasteiger partial charge in [0.1, 0.15) is 5.82 Å². The molecule has 10 heteroatoms. The van der Waals surface area contributed by atoms with Gasteiger partial charge in [-0.3, -0.25) is 9.59 Å². The monoisotopic (exact) mass is 456 g/mol. The van der Waals surface area contributed by atoms with Crippen LogP contribution in [0.5, 0.6) is 0 Å². The molecule has 0 fully saturated rings. The number of amides is 2. The smallest absolute Gasteiger partial charge is 0.237 e. The van der Waals surface area contributed by atoms with Crippen molar-refractivity contribution in [2.75, 3.05) is 16.4 Å². The average molecular weight is 457 g/mol. The summed E-state index contributed by atoms with van der Waals surface area (Å²) in [5.41, 5.74) is 0.370. The van der Waals surface area contributed by atoms with Crippen LogP contribution in [0.3, 0.4) is 0 Å². The molecule has 3 rings (SSSR count). The summed E-state index contributed by atoms with van der Waals surface area (Å²) in [6.07, 6.45) is 0.319. The van der Waals surface area contributed by atoms with Gasteiger partial charge in [-0.1, -0.05) is 18.5 Å². The molecule has 0 saturated heterocycles. The number of halogens is 2. The van der Waals surface area contributed by atoms with Crippen molar-refractivity contribution in [3.63, 3.8) is 0 Å². The summed E-state index contributed by atoms with van der Waals surface area (Å²) in [5.74, 6) is -1.96. The molecule has 1 aliphatic heterocycles. The van der Waals surface area contributed by atoms with Crippen LogP contribution in [0.1, 0.15) is 19.8 Å². The minimum atomic E-state index is -3.77. The lowest BCUT2D eigenvalue weighted by molar-refractivity contribution is -0.116. The first-order valence-corrected chi connectivity index (χ1v) is 11.7. The van der Waals surface area contributed by atoms with E-state index >= 15 is 0 Å². The lowest BCUT2D eigenvalue weighted by Gasteiger charge is -2.23. The van der Waals surface area contributed by atoms with Crippen LogP contribution in [0.25, 0.3) is 0 Å². The molecule has 2 aromatic carbocycles. The highest BCUT2D eigenvalue weighted by molar-refractivity contribution is 8.01. The van der Waals surface area contributed by atoms with Gasteiger partial charge >= 0.3 is 0 Å². The molecule has 29 heavy (non-hydrogen) atoms. The molecule has 0 aromatic heterocycles. The predicted molar refractivity (Wildman–Crippen MR) is 112 cm³/mol. The first-order valence-electron chi connectivity index (χ1n) is 8.79. The normalized spacial score (nSPS) is 16.1. The quantitative estimate of drug-likeness (QED) is 0.682. The molecule has 1 aliphatic rings. The maximum Gasteiger partial charge on any atom is 0.237 e. The fraction of sp³-hybridized carbons (Fsp3) is 0.263. The summed E-state index contributed by atoms with van der Waals surface area (Å²) >= 11 is 7.05. The average Bonchev–Trinajstić information content (AvgIpc) is 2.67. The third-order valence-corrected chi connectivity index (χ3v) is 7.69. The molecule has 1 atom stereocenters. The Morgan fingerprint density at radius 2 is 2.03 bits per heavy atom. The molecular weight excluding hydrogens is 439 g/mol. The van der Waals surface area contributed by atoms with Crippen LogP contribution in [0.2, 0.25) is 5.02 Å². The van der Waals surface area contributed by atoms with Crippen LogP contribution < -0.4 is 10.6 Å². The van der Waals surface area contributed by atoms with Crippen molar-refractivity contribution in [3.8, 4) is 0 Å². The lowest BCUT2D eigenvalue weighted by atomic mass is 10.2. The van der Waals surface area contributed by atoms with E-state index in [-0.39, 0.29) is 33.2 Å². The molecule has 2 aromatic rings. The van der Waals surface area contributed by atoms with E-state index in [0.29, 0.717) is 12.1 Å². The van der Waals surface area contributed by atoms with Gasteiger partial charge < -0.3 is 10.6 Å². The van der Waals surface area contributed by atoms with Crippen molar-refractivity contribution in [2.24, 2.45) is 0 Å². The van der Waals surface area contributed by atoms with E-state index in [1.807, 2.05) is 6.92 Å². The number of anilines is 2. The third kappa shape index (κ3) is 5.09. The standard InChI is InChI=1S/C19H18ClFN2O4S2/c1-2-16-19(25)23-15-10-12(4-6-17(15)28-16)29(26,27)8-7-18(24)22-14-5-3-11(20)9-13(14)21/h3-6,9-10,16H,2,7-8H2,1H3,(H,22,24)(H,23,25)/t16-/m0/s1. The molecule has 0 unspecified atom stereocenters.